The van der Waals surface area contributed by atoms with E-state index in [2.05, 4.69) is 31.9 Å². The molecule has 70 valence electrons. The number of rotatable bonds is 2. The summed E-state index contributed by atoms with van der Waals surface area (Å²) in [6.07, 6.45) is 0. The van der Waals surface area contributed by atoms with Crippen molar-refractivity contribution in [2.45, 2.75) is 5.38 Å². The van der Waals surface area contributed by atoms with Gasteiger partial charge >= 0.3 is 0 Å². The fraction of sp³-hybridized carbons (Fsp3) is 0.125. The van der Waals surface area contributed by atoms with Crippen LogP contribution in [0.25, 0.3) is 0 Å². The zero-order valence-corrected chi connectivity index (χ0v) is 10.9. The summed E-state index contributed by atoms with van der Waals surface area (Å²) in [5.41, 5.74) is 0.663. The summed E-state index contributed by atoms with van der Waals surface area (Å²) in [6.45, 7) is 0. The molecule has 1 atom stereocenters. The van der Waals surface area contributed by atoms with Gasteiger partial charge in [0.1, 0.15) is 5.38 Å². The van der Waals surface area contributed by atoms with Crippen LogP contribution >= 0.6 is 55.1 Å². The van der Waals surface area contributed by atoms with Crippen LogP contribution in [0, 0.1) is 0 Å². The smallest absolute Gasteiger partial charge is 0.244 e. The second-order valence-corrected chi connectivity index (χ2v) is 4.91. The third-order valence-corrected chi connectivity index (χ3v) is 3.41. The Hall–Kier alpha value is 0.430. The number of halogens is 4. The first-order valence-electron chi connectivity index (χ1n) is 3.30. The maximum atomic E-state index is 10.8. The molecule has 1 nitrogen and oxygen atoms in total. The van der Waals surface area contributed by atoms with Crippen molar-refractivity contribution in [1.29, 1.82) is 0 Å². The minimum atomic E-state index is -0.812. The molecule has 5 heteroatoms. The fourth-order valence-electron chi connectivity index (χ4n) is 0.831. The molecular weight excluding hydrogens is 343 g/mol. The molecule has 0 heterocycles. The van der Waals surface area contributed by atoms with Crippen LogP contribution in [0.1, 0.15) is 10.9 Å². The topological polar surface area (TPSA) is 17.1 Å². The molecule has 0 bridgehead atoms. The van der Waals surface area contributed by atoms with Crippen molar-refractivity contribution in [3.05, 3.63) is 32.7 Å². The van der Waals surface area contributed by atoms with E-state index in [1.54, 1.807) is 12.1 Å². The van der Waals surface area contributed by atoms with Gasteiger partial charge < -0.3 is 0 Å². The SMILES string of the molecule is O=C(Cl)C(Cl)c1cc(Br)ccc1Br. The summed E-state index contributed by atoms with van der Waals surface area (Å²) < 4.78 is 1.62. The Morgan fingerprint density at radius 3 is 2.54 bits per heavy atom. The van der Waals surface area contributed by atoms with Crippen LogP contribution in [0.3, 0.4) is 0 Å². The summed E-state index contributed by atoms with van der Waals surface area (Å²) in [6, 6.07) is 5.40. The highest BCUT2D eigenvalue weighted by Gasteiger charge is 2.17. The molecule has 0 N–H and O–H groups in total. The number of benzene rings is 1. The van der Waals surface area contributed by atoms with Crippen LogP contribution in [0.15, 0.2) is 27.1 Å². The normalized spacial score (nSPS) is 12.6. The summed E-state index contributed by atoms with van der Waals surface area (Å²) >= 11 is 17.6. The van der Waals surface area contributed by atoms with E-state index in [0.717, 1.165) is 8.95 Å². The van der Waals surface area contributed by atoms with Crippen LogP contribution in [0.5, 0.6) is 0 Å². The van der Waals surface area contributed by atoms with Gasteiger partial charge in [-0.1, -0.05) is 31.9 Å². The molecule has 0 saturated heterocycles. The molecule has 1 aromatic rings. The molecular formula is C8H4Br2Cl2O. The van der Waals surface area contributed by atoms with E-state index < -0.39 is 10.6 Å². The van der Waals surface area contributed by atoms with Crippen LogP contribution in [-0.4, -0.2) is 5.24 Å². The Bertz CT molecular complexity index is 341. The van der Waals surface area contributed by atoms with E-state index in [4.69, 9.17) is 23.2 Å². The first kappa shape index (κ1) is 11.5. The van der Waals surface area contributed by atoms with Gasteiger partial charge in [-0.15, -0.1) is 11.6 Å². The lowest BCUT2D eigenvalue weighted by atomic mass is 10.2. The number of hydrogen-bond acceptors (Lipinski definition) is 1. The molecule has 0 aliphatic carbocycles. The molecule has 0 aliphatic heterocycles. The van der Waals surface area contributed by atoms with Gasteiger partial charge in [-0.3, -0.25) is 4.79 Å². The van der Waals surface area contributed by atoms with Crippen molar-refractivity contribution in [2.24, 2.45) is 0 Å². The Labute approximate surface area is 103 Å². The summed E-state index contributed by atoms with van der Waals surface area (Å²) in [5.74, 6) is 0. The molecule has 0 fully saturated rings. The first-order chi connectivity index (χ1) is 6.02. The average molecular weight is 347 g/mol. The lowest BCUT2D eigenvalue weighted by Crippen LogP contribution is -1.99. The van der Waals surface area contributed by atoms with Crippen LogP contribution in [0.4, 0.5) is 0 Å². The van der Waals surface area contributed by atoms with Gasteiger partial charge in [-0.05, 0) is 35.4 Å². The summed E-state index contributed by atoms with van der Waals surface area (Å²) in [5, 5.41) is -1.39. The third kappa shape index (κ3) is 2.94. The molecule has 0 spiro atoms. The van der Waals surface area contributed by atoms with Gasteiger partial charge in [0.05, 0.1) is 0 Å². The van der Waals surface area contributed by atoms with Crippen molar-refractivity contribution < 1.29 is 4.79 Å². The van der Waals surface area contributed by atoms with Gasteiger partial charge in [0.2, 0.25) is 5.24 Å². The van der Waals surface area contributed by atoms with Crippen LogP contribution in [0.2, 0.25) is 0 Å². The van der Waals surface area contributed by atoms with Crippen molar-refractivity contribution in [1.82, 2.24) is 0 Å². The van der Waals surface area contributed by atoms with Crippen molar-refractivity contribution in [3.63, 3.8) is 0 Å². The van der Waals surface area contributed by atoms with Gasteiger partial charge in [0.25, 0.3) is 0 Å². The Morgan fingerprint density at radius 1 is 1.38 bits per heavy atom. The highest BCUT2D eigenvalue weighted by Crippen LogP contribution is 2.31. The maximum Gasteiger partial charge on any atom is 0.244 e. The number of hydrogen-bond donors (Lipinski definition) is 0. The quantitative estimate of drug-likeness (QED) is 0.577. The standard InChI is InChI=1S/C8H4Br2Cl2O/c9-4-1-2-6(10)5(3-4)7(11)8(12)13/h1-3,7H. The molecule has 0 radical (unpaired) electrons. The number of carbonyl (C=O) groups excluding carboxylic acids is 1. The van der Waals surface area contributed by atoms with E-state index in [1.165, 1.54) is 0 Å². The minimum Gasteiger partial charge on any atom is -0.279 e. The van der Waals surface area contributed by atoms with E-state index in [-0.39, 0.29) is 0 Å². The summed E-state index contributed by atoms with van der Waals surface area (Å²) in [4.78, 5) is 10.8. The maximum absolute atomic E-state index is 10.8. The third-order valence-electron chi connectivity index (χ3n) is 1.43. The van der Waals surface area contributed by atoms with Gasteiger partial charge in [-0.2, -0.15) is 0 Å². The van der Waals surface area contributed by atoms with Crippen LogP contribution < -0.4 is 0 Å². The molecule has 13 heavy (non-hydrogen) atoms. The molecule has 0 aromatic heterocycles. The molecule has 0 amide bonds. The number of alkyl halides is 1. The molecule has 1 aromatic carbocycles. The van der Waals surface area contributed by atoms with Crippen LogP contribution in [-0.2, 0) is 4.79 Å². The molecule has 0 saturated carbocycles. The Kier molecular flexibility index (Phi) is 4.23. The van der Waals surface area contributed by atoms with Gasteiger partial charge in [-0.25, -0.2) is 0 Å². The fourth-order valence-corrected chi connectivity index (χ4v) is 2.12. The first-order valence-corrected chi connectivity index (χ1v) is 5.71. The predicted molar refractivity (Wildman–Crippen MR) is 61.3 cm³/mol. The molecule has 0 aliphatic rings. The highest BCUT2D eigenvalue weighted by molar-refractivity contribution is 9.11. The number of carbonyl (C=O) groups is 1. The molecule has 1 rings (SSSR count). The summed E-state index contributed by atoms with van der Waals surface area (Å²) in [7, 11) is 0. The predicted octanol–water partition coefficient (Wildman–Crippen LogP) is 4.26. The Morgan fingerprint density at radius 2 is 2.00 bits per heavy atom. The van der Waals surface area contributed by atoms with E-state index in [9.17, 15) is 4.79 Å². The van der Waals surface area contributed by atoms with Crippen molar-refractivity contribution >= 4 is 60.3 Å². The monoisotopic (exact) mass is 344 g/mol. The second-order valence-electron chi connectivity index (χ2n) is 2.33. The lowest BCUT2D eigenvalue weighted by Gasteiger charge is -2.07. The van der Waals surface area contributed by atoms with E-state index in [1.807, 2.05) is 6.07 Å². The van der Waals surface area contributed by atoms with Crippen molar-refractivity contribution in [3.8, 4) is 0 Å². The highest BCUT2D eigenvalue weighted by atomic mass is 79.9. The van der Waals surface area contributed by atoms with Gasteiger partial charge in [0.15, 0.2) is 0 Å². The molecule has 1 unspecified atom stereocenters. The zero-order valence-electron chi connectivity index (χ0n) is 6.23. The largest absolute Gasteiger partial charge is 0.279 e. The minimum absolute atomic E-state index is 0.583. The lowest BCUT2D eigenvalue weighted by molar-refractivity contribution is -0.111. The second kappa shape index (κ2) is 4.78. The zero-order chi connectivity index (χ0) is 10.0. The van der Waals surface area contributed by atoms with Crippen molar-refractivity contribution in [2.75, 3.05) is 0 Å². The van der Waals surface area contributed by atoms with Gasteiger partial charge in [0, 0.05) is 8.95 Å². The average Bonchev–Trinajstić information content (AvgIpc) is 2.08. The Balaban J connectivity index is 3.12. The van der Waals surface area contributed by atoms with E-state index >= 15 is 0 Å². The van der Waals surface area contributed by atoms with E-state index in [0.29, 0.717) is 5.56 Å².